The highest BCUT2D eigenvalue weighted by Crippen LogP contribution is 2.26. The first kappa shape index (κ1) is 15.3. The summed E-state index contributed by atoms with van der Waals surface area (Å²) in [6.45, 7) is 5.58. The number of hydrogen-bond donors (Lipinski definition) is 2. The maximum absolute atomic E-state index is 9.01. The van der Waals surface area contributed by atoms with E-state index in [4.69, 9.17) is 5.11 Å². The molecule has 3 heteroatoms. The summed E-state index contributed by atoms with van der Waals surface area (Å²) < 4.78 is 0. The van der Waals surface area contributed by atoms with Gasteiger partial charge in [0.1, 0.15) is 0 Å². The van der Waals surface area contributed by atoms with Crippen molar-refractivity contribution in [1.29, 1.82) is 0 Å². The van der Waals surface area contributed by atoms with Gasteiger partial charge in [0.25, 0.3) is 0 Å². The Hall–Kier alpha value is -1.06. The van der Waals surface area contributed by atoms with E-state index in [2.05, 4.69) is 42.4 Å². The monoisotopic (exact) mass is 276 g/mol. The van der Waals surface area contributed by atoms with E-state index in [-0.39, 0.29) is 0 Å². The summed E-state index contributed by atoms with van der Waals surface area (Å²) in [4.78, 5) is 2.35. The van der Waals surface area contributed by atoms with Crippen LogP contribution in [0.15, 0.2) is 18.2 Å². The number of aliphatic hydroxyl groups is 1. The van der Waals surface area contributed by atoms with Gasteiger partial charge in [-0.05, 0) is 48.9 Å². The molecule has 0 radical (unpaired) electrons. The van der Waals surface area contributed by atoms with Crippen molar-refractivity contribution < 1.29 is 5.11 Å². The minimum absolute atomic E-state index is 0.297. The molecule has 2 rings (SSSR count). The number of nitrogens with one attached hydrogen (secondary N) is 1. The van der Waals surface area contributed by atoms with E-state index < -0.39 is 0 Å². The summed E-state index contributed by atoms with van der Waals surface area (Å²) in [6.07, 6.45) is 4.49. The number of rotatable bonds is 7. The molecule has 1 aliphatic heterocycles. The molecule has 1 heterocycles. The van der Waals surface area contributed by atoms with Crippen molar-refractivity contribution >= 4 is 5.69 Å². The molecule has 1 aromatic rings. The summed E-state index contributed by atoms with van der Waals surface area (Å²) in [5.41, 5.74) is 4.25. The molecule has 0 aromatic heterocycles. The van der Waals surface area contributed by atoms with E-state index in [1.165, 1.54) is 36.2 Å². The van der Waals surface area contributed by atoms with Gasteiger partial charge in [-0.2, -0.15) is 0 Å². The second kappa shape index (κ2) is 7.65. The van der Waals surface area contributed by atoms with Crippen LogP contribution in [0.5, 0.6) is 0 Å². The van der Waals surface area contributed by atoms with Crippen LogP contribution in [0, 0.1) is 5.92 Å². The van der Waals surface area contributed by atoms with E-state index in [9.17, 15) is 0 Å². The highest BCUT2D eigenvalue weighted by Gasteiger charge is 2.13. The summed E-state index contributed by atoms with van der Waals surface area (Å²) >= 11 is 0. The summed E-state index contributed by atoms with van der Waals surface area (Å²) in [5, 5.41) is 12.5. The molecular weight excluding hydrogens is 248 g/mol. The van der Waals surface area contributed by atoms with Crippen molar-refractivity contribution in [1.82, 2.24) is 5.32 Å². The quantitative estimate of drug-likeness (QED) is 0.803. The van der Waals surface area contributed by atoms with Crippen molar-refractivity contribution in [2.24, 2.45) is 5.92 Å². The number of benzene rings is 1. The van der Waals surface area contributed by atoms with Crippen molar-refractivity contribution in [3.8, 4) is 0 Å². The Labute approximate surface area is 123 Å². The average molecular weight is 276 g/mol. The number of anilines is 1. The SMILES string of the molecule is CCC(CCO)CNCc1ccc2c(c1)CCCN2C. The van der Waals surface area contributed by atoms with Gasteiger partial charge in [-0.25, -0.2) is 0 Å². The molecule has 0 saturated heterocycles. The second-order valence-electron chi connectivity index (χ2n) is 5.91. The molecule has 112 valence electrons. The van der Waals surface area contributed by atoms with Crippen molar-refractivity contribution in [3.05, 3.63) is 29.3 Å². The van der Waals surface area contributed by atoms with Crippen LogP contribution < -0.4 is 10.2 Å². The zero-order valence-electron chi connectivity index (χ0n) is 12.9. The van der Waals surface area contributed by atoms with Gasteiger partial charge in [0, 0.05) is 32.4 Å². The van der Waals surface area contributed by atoms with E-state index in [1.807, 2.05) is 0 Å². The number of aliphatic hydroxyl groups excluding tert-OH is 1. The molecule has 1 atom stereocenters. The Morgan fingerprint density at radius 2 is 2.25 bits per heavy atom. The first-order valence-corrected chi connectivity index (χ1v) is 7.89. The second-order valence-corrected chi connectivity index (χ2v) is 5.91. The van der Waals surface area contributed by atoms with Crippen LogP contribution in [-0.4, -0.2) is 31.9 Å². The maximum atomic E-state index is 9.01. The van der Waals surface area contributed by atoms with Gasteiger partial charge in [-0.1, -0.05) is 25.5 Å². The van der Waals surface area contributed by atoms with Crippen LogP contribution in [-0.2, 0) is 13.0 Å². The molecule has 3 nitrogen and oxygen atoms in total. The Morgan fingerprint density at radius 3 is 3.00 bits per heavy atom. The Balaban J connectivity index is 1.87. The van der Waals surface area contributed by atoms with E-state index >= 15 is 0 Å². The van der Waals surface area contributed by atoms with Crippen molar-refractivity contribution in [3.63, 3.8) is 0 Å². The first-order valence-electron chi connectivity index (χ1n) is 7.89. The number of hydrogen-bond acceptors (Lipinski definition) is 3. The Bertz CT molecular complexity index is 419. The van der Waals surface area contributed by atoms with Gasteiger partial charge in [0.05, 0.1) is 0 Å². The largest absolute Gasteiger partial charge is 0.396 e. The Morgan fingerprint density at radius 1 is 1.40 bits per heavy atom. The zero-order chi connectivity index (χ0) is 14.4. The molecular formula is C17H28N2O. The predicted octanol–water partition coefficient (Wildman–Crippen LogP) is 2.57. The third-order valence-electron chi connectivity index (χ3n) is 4.37. The van der Waals surface area contributed by atoms with Crippen LogP contribution >= 0.6 is 0 Å². The first-order chi connectivity index (χ1) is 9.74. The number of nitrogens with zero attached hydrogens (tertiary/aromatic N) is 1. The normalized spacial score (nSPS) is 16.1. The molecule has 0 spiro atoms. The van der Waals surface area contributed by atoms with Gasteiger partial charge in [-0.3, -0.25) is 0 Å². The third kappa shape index (κ3) is 3.97. The van der Waals surface area contributed by atoms with Crippen LogP contribution in [0.3, 0.4) is 0 Å². The molecule has 1 aliphatic rings. The summed E-state index contributed by atoms with van der Waals surface area (Å²) in [5.74, 6) is 0.587. The highest BCUT2D eigenvalue weighted by molar-refractivity contribution is 5.56. The standard InChI is InChI=1S/C17H28N2O/c1-3-14(8-10-20)12-18-13-15-6-7-17-16(11-15)5-4-9-19(17)2/h6-7,11,14,18,20H,3-5,8-10,12-13H2,1-2H3. The minimum Gasteiger partial charge on any atom is -0.396 e. The topological polar surface area (TPSA) is 35.5 Å². The zero-order valence-corrected chi connectivity index (χ0v) is 12.9. The lowest BCUT2D eigenvalue weighted by Crippen LogP contribution is -2.25. The molecule has 0 fully saturated rings. The van der Waals surface area contributed by atoms with Crippen LogP contribution in [0.4, 0.5) is 5.69 Å². The molecule has 0 amide bonds. The average Bonchev–Trinajstić information content (AvgIpc) is 2.46. The predicted molar refractivity (Wildman–Crippen MR) is 85.2 cm³/mol. The van der Waals surface area contributed by atoms with Gasteiger partial charge >= 0.3 is 0 Å². The fourth-order valence-corrected chi connectivity index (χ4v) is 3.00. The smallest absolute Gasteiger partial charge is 0.0434 e. The molecule has 0 aliphatic carbocycles. The lowest BCUT2D eigenvalue weighted by molar-refractivity contribution is 0.251. The molecule has 1 aromatic carbocycles. The van der Waals surface area contributed by atoms with Crippen molar-refractivity contribution in [2.75, 3.05) is 31.6 Å². The molecule has 0 saturated carbocycles. The summed E-state index contributed by atoms with van der Waals surface area (Å²) in [6, 6.07) is 6.85. The summed E-state index contributed by atoms with van der Waals surface area (Å²) in [7, 11) is 2.18. The molecule has 2 N–H and O–H groups in total. The van der Waals surface area contributed by atoms with E-state index in [0.717, 1.165) is 25.9 Å². The fraction of sp³-hybridized carbons (Fsp3) is 0.647. The van der Waals surface area contributed by atoms with E-state index in [0.29, 0.717) is 12.5 Å². The van der Waals surface area contributed by atoms with Crippen LogP contribution in [0.1, 0.15) is 37.3 Å². The fourth-order valence-electron chi connectivity index (χ4n) is 3.00. The van der Waals surface area contributed by atoms with Gasteiger partial charge in [0.2, 0.25) is 0 Å². The number of fused-ring (bicyclic) bond motifs is 1. The molecule has 1 unspecified atom stereocenters. The van der Waals surface area contributed by atoms with E-state index in [1.54, 1.807) is 0 Å². The molecule has 0 bridgehead atoms. The lowest BCUT2D eigenvalue weighted by Gasteiger charge is -2.28. The number of aryl methyl sites for hydroxylation is 1. The minimum atomic E-state index is 0.297. The van der Waals surface area contributed by atoms with Crippen LogP contribution in [0.2, 0.25) is 0 Å². The van der Waals surface area contributed by atoms with Crippen LogP contribution in [0.25, 0.3) is 0 Å². The van der Waals surface area contributed by atoms with Gasteiger partial charge in [-0.15, -0.1) is 0 Å². The van der Waals surface area contributed by atoms with Gasteiger partial charge in [0.15, 0.2) is 0 Å². The van der Waals surface area contributed by atoms with Crippen molar-refractivity contribution in [2.45, 2.75) is 39.2 Å². The Kier molecular flexibility index (Phi) is 5.86. The highest BCUT2D eigenvalue weighted by atomic mass is 16.3. The third-order valence-corrected chi connectivity index (χ3v) is 4.37. The molecule has 20 heavy (non-hydrogen) atoms. The maximum Gasteiger partial charge on any atom is 0.0434 e. The van der Waals surface area contributed by atoms with Gasteiger partial charge < -0.3 is 15.3 Å². The lowest BCUT2D eigenvalue weighted by atomic mass is 9.99.